The third-order valence-electron chi connectivity index (χ3n) is 2.36. The van der Waals surface area contributed by atoms with Crippen molar-refractivity contribution in [2.75, 3.05) is 0 Å². The molecule has 66 valence electrons. The highest BCUT2D eigenvalue weighted by molar-refractivity contribution is 5.87. The molecule has 0 aromatic heterocycles. The van der Waals surface area contributed by atoms with Crippen LogP contribution in [0.4, 0.5) is 0 Å². The van der Waals surface area contributed by atoms with Crippen LogP contribution in [0, 0.1) is 11.8 Å². The maximum absolute atomic E-state index is 4.49. The molecule has 0 aromatic carbocycles. The summed E-state index contributed by atoms with van der Waals surface area (Å²) in [6.07, 6.45) is 5.04. The number of allylic oxidation sites excluding steroid dienone is 3. The third kappa shape index (κ3) is 2.33. The molecule has 0 aliphatic heterocycles. The van der Waals surface area contributed by atoms with Gasteiger partial charge in [0.15, 0.2) is 0 Å². The minimum atomic E-state index is 0.748. The standard InChI is InChI=1S/C11H17N/c1-5-6-9(3)12-10(4)11-7-8(11)2/h5-6,8,11H,1,7H2,2-4H3/b9-6-,12-10+. The maximum atomic E-state index is 4.49. The van der Waals surface area contributed by atoms with Gasteiger partial charge in [-0.05, 0) is 38.2 Å². The first kappa shape index (κ1) is 9.24. The Balaban J connectivity index is 2.56. The molecule has 2 unspecified atom stereocenters. The van der Waals surface area contributed by atoms with Gasteiger partial charge in [0.05, 0.1) is 0 Å². The first-order valence-electron chi connectivity index (χ1n) is 4.49. The first-order chi connectivity index (χ1) is 5.65. The quantitative estimate of drug-likeness (QED) is 0.447. The molecule has 1 aliphatic rings. The van der Waals surface area contributed by atoms with Gasteiger partial charge in [-0.3, -0.25) is 4.99 Å². The van der Waals surface area contributed by atoms with Crippen LogP contribution in [-0.4, -0.2) is 5.71 Å². The number of aliphatic imine (C=N–C) groups is 1. The number of hydrogen-bond donors (Lipinski definition) is 0. The van der Waals surface area contributed by atoms with Crippen molar-refractivity contribution in [1.82, 2.24) is 0 Å². The third-order valence-corrected chi connectivity index (χ3v) is 2.36. The lowest BCUT2D eigenvalue weighted by Gasteiger charge is -1.96. The minimum Gasteiger partial charge on any atom is -0.263 e. The SMILES string of the molecule is C=C/C=C(C)\N=C(/C)C1CC1C. The van der Waals surface area contributed by atoms with Crippen molar-refractivity contribution in [3.8, 4) is 0 Å². The van der Waals surface area contributed by atoms with E-state index in [9.17, 15) is 0 Å². The minimum absolute atomic E-state index is 0.748. The topological polar surface area (TPSA) is 12.4 Å². The van der Waals surface area contributed by atoms with Crippen molar-refractivity contribution in [3.05, 3.63) is 24.4 Å². The molecule has 12 heavy (non-hydrogen) atoms. The summed E-state index contributed by atoms with van der Waals surface area (Å²) in [4.78, 5) is 4.49. The molecule has 0 saturated heterocycles. The highest BCUT2D eigenvalue weighted by Gasteiger charge is 2.34. The molecule has 1 rings (SSSR count). The molecule has 0 bridgehead atoms. The Labute approximate surface area is 74.9 Å². The molecule has 0 aromatic rings. The fraction of sp³-hybridized carbons (Fsp3) is 0.545. The Bertz CT molecular complexity index is 235. The van der Waals surface area contributed by atoms with Gasteiger partial charge in [-0.25, -0.2) is 0 Å². The average Bonchev–Trinajstić information content (AvgIpc) is 2.67. The monoisotopic (exact) mass is 163 g/mol. The summed E-state index contributed by atoms with van der Waals surface area (Å²) in [5, 5.41) is 0. The molecular formula is C11H17N. The van der Waals surface area contributed by atoms with Crippen LogP contribution in [0.2, 0.25) is 0 Å². The zero-order valence-corrected chi connectivity index (χ0v) is 8.17. The predicted molar refractivity (Wildman–Crippen MR) is 54.3 cm³/mol. The largest absolute Gasteiger partial charge is 0.263 e. The molecule has 1 heteroatoms. The van der Waals surface area contributed by atoms with E-state index in [1.165, 1.54) is 12.1 Å². The molecular weight excluding hydrogens is 146 g/mol. The van der Waals surface area contributed by atoms with E-state index >= 15 is 0 Å². The average molecular weight is 163 g/mol. The lowest BCUT2D eigenvalue weighted by molar-refractivity contribution is 0.920. The second-order valence-electron chi connectivity index (χ2n) is 3.62. The fourth-order valence-electron chi connectivity index (χ4n) is 1.47. The number of nitrogens with zero attached hydrogens (tertiary/aromatic N) is 1. The van der Waals surface area contributed by atoms with Gasteiger partial charge in [-0.2, -0.15) is 0 Å². The van der Waals surface area contributed by atoms with E-state index in [4.69, 9.17) is 0 Å². The molecule has 2 atom stereocenters. The molecule has 1 fully saturated rings. The van der Waals surface area contributed by atoms with Gasteiger partial charge in [0, 0.05) is 11.4 Å². The van der Waals surface area contributed by atoms with Crippen molar-refractivity contribution in [1.29, 1.82) is 0 Å². The second-order valence-corrected chi connectivity index (χ2v) is 3.62. The second kappa shape index (κ2) is 3.70. The molecule has 1 saturated carbocycles. The highest BCUT2D eigenvalue weighted by Crippen LogP contribution is 2.39. The normalized spacial score (nSPS) is 30.2. The number of rotatable bonds is 3. The fourth-order valence-corrected chi connectivity index (χ4v) is 1.47. The molecule has 0 spiro atoms. The van der Waals surface area contributed by atoms with E-state index in [2.05, 4.69) is 25.4 Å². The zero-order chi connectivity index (χ0) is 9.14. The summed E-state index contributed by atoms with van der Waals surface area (Å²) in [5.41, 5.74) is 2.33. The van der Waals surface area contributed by atoms with E-state index in [0.717, 1.165) is 17.5 Å². The number of hydrogen-bond acceptors (Lipinski definition) is 1. The summed E-state index contributed by atoms with van der Waals surface area (Å²) < 4.78 is 0. The van der Waals surface area contributed by atoms with E-state index < -0.39 is 0 Å². The summed E-state index contributed by atoms with van der Waals surface area (Å²) in [6, 6.07) is 0. The molecule has 1 nitrogen and oxygen atoms in total. The van der Waals surface area contributed by atoms with Crippen LogP contribution in [0.15, 0.2) is 29.4 Å². The Morgan fingerprint density at radius 2 is 2.08 bits per heavy atom. The van der Waals surface area contributed by atoms with Gasteiger partial charge in [-0.1, -0.05) is 19.6 Å². The van der Waals surface area contributed by atoms with Gasteiger partial charge >= 0.3 is 0 Å². The smallest absolute Gasteiger partial charge is 0.0371 e. The van der Waals surface area contributed by atoms with Gasteiger partial charge in [-0.15, -0.1) is 0 Å². The Kier molecular flexibility index (Phi) is 2.85. The molecule has 0 N–H and O–H groups in total. The highest BCUT2D eigenvalue weighted by atomic mass is 14.8. The molecule has 0 radical (unpaired) electrons. The lowest BCUT2D eigenvalue weighted by atomic mass is 10.2. The maximum Gasteiger partial charge on any atom is 0.0371 e. The van der Waals surface area contributed by atoms with Crippen LogP contribution >= 0.6 is 0 Å². The molecule has 0 amide bonds. The van der Waals surface area contributed by atoms with Gasteiger partial charge in [0.25, 0.3) is 0 Å². The van der Waals surface area contributed by atoms with Crippen LogP contribution in [0.3, 0.4) is 0 Å². The van der Waals surface area contributed by atoms with Gasteiger partial charge < -0.3 is 0 Å². The van der Waals surface area contributed by atoms with Crippen LogP contribution < -0.4 is 0 Å². The van der Waals surface area contributed by atoms with Crippen LogP contribution in [0.1, 0.15) is 27.2 Å². The Hall–Kier alpha value is -0.850. The molecule has 0 heterocycles. The first-order valence-corrected chi connectivity index (χ1v) is 4.49. The van der Waals surface area contributed by atoms with Gasteiger partial charge in [0.2, 0.25) is 0 Å². The molecule has 1 aliphatic carbocycles. The van der Waals surface area contributed by atoms with Crippen molar-refractivity contribution < 1.29 is 0 Å². The van der Waals surface area contributed by atoms with Gasteiger partial charge in [0.1, 0.15) is 0 Å². The van der Waals surface area contributed by atoms with E-state index in [1.807, 2.05) is 13.0 Å². The van der Waals surface area contributed by atoms with Crippen molar-refractivity contribution in [2.24, 2.45) is 16.8 Å². The van der Waals surface area contributed by atoms with Crippen molar-refractivity contribution in [2.45, 2.75) is 27.2 Å². The van der Waals surface area contributed by atoms with E-state index in [-0.39, 0.29) is 0 Å². The summed E-state index contributed by atoms with van der Waals surface area (Å²) in [6.45, 7) is 10.0. The van der Waals surface area contributed by atoms with Crippen LogP contribution in [-0.2, 0) is 0 Å². The summed E-state index contributed by atoms with van der Waals surface area (Å²) in [5.74, 6) is 1.60. The Morgan fingerprint density at radius 3 is 2.50 bits per heavy atom. The summed E-state index contributed by atoms with van der Waals surface area (Å²) >= 11 is 0. The van der Waals surface area contributed by atoms with Crippen LogP contribution in [0.25, 0.3) is 0 Å². The van der Waals surface area contributed by atoms with E-state index in [0.29, 0.717) is 0 Å². The van der Waals surface area contributed by atoms with E-state index in [1.54, 1.807) is 6.08 Å². The summed E-state index contributed by atoms with van der Waals surface area (Å²) in [7, 11) is 0. The lowest BCUT2D eigenvalue weighted by Crippen LogP contribution is -1.95. The predicted octanol–water partition coefficient (Wildman–Crippen LogP) is 3.19. The van der Waals surface area contributed by atoms with Crippen LogP contribution in [0.5, 0.6) is 0 Å². The van der Waals surface area contributed by atoms with Crippen molar-refractivity contribution >= 4 is 5.71 Å². The Morgan fingerprint density at radius 1 is 1.50 bits per heavy atom. The zero-order valence-electron chi connectivity index (χ0n) is 8.17. The van der Waals surface area contributed by atoms with Crippen molar-refractivity contribution in [3.63, 3.8) is 0 Å².